The van der Waals surface area contributed by atoms with Crippen LogP contribution in [-0.2, 0) is 6.42 Å². The van der Waals surface area contributed by atoms with Crippen molar-refractivity contribution in [1.29, 1.82) is 0 Å². The molecule has 4 aromatic rings. The molecule has 0 unspecified atom stereocenters. The van der Waals surface area contributed by atoms with Gasteiger partial charge in [0.1, 0.15) is 0 Å². The van der Waals surface area contributed by atoms with E-state index in [4.69, 9.17) is 0 Å². The van der Waals surface area contributed by atoms with Crippen LogP contribution in [0.4, 0.5) is 0 Å². The molecule has 0 N–H and O–H groups in total. The van der Waals surface area contributed by atoms with Crippen molar-refractivity contribution in [2.24, 2.45) is 0 Å². The standard InChI is InChI=1S/C21H15I/c22-21-7-3-6-18-11-9-16(14-20(18)21)12-15-8-10-17-4-1-2-5-19(17)13-15/h1-11,13-14H,12H2. The van der Waals surface area contributed by atoms with E-state index in [1.165, 1.54) is 36.2 Å². The summed E-state index contributed by atoms with van der Waals surface area (Å²) in [7, 11) is 0. The van der Waals surface area contributed by atoms with Gasteiger partial charge in [-0.25, -0.2) is 0 Å². The summed E-state index contributed by atoms with van der Waals surface area (Å²) in [6.45, 7) is 0. The van der Waals surface area contributed by atoms with Gasteiger partial charge in [0, 0.05) is 3.57 Å². The molecule has 0 spiro atoms. The number of halogens is 1. The van der Waals surface area contributed by atoms with Crippen LogP contribution in [0.1, 0.15) is 11.1 Å². The molecule has 4 rings (SSSR count). The Labute approximate surface area is 143 Å². The smallest absolute Gasteiger partial charge is 0.0208 e. The number of hydrogen-bond acceptors (Lipinski definition) is 0. The van der Waals surface area contributed by atoms with Gasteiger partial charge in [0.25, 0.3) is 0 Å². The van der Waals surface area contributed by atoms with Crippen LogP contribution in [0.15, 0.2) is 78.9 Å². The molecule has 0 amide bonds. The lowest BCUT2D eigenvalue weighted by molar-refractivity contribution is 1.21. The second kappa shape index (κ2) is 5.73. The minimum absolute atomic E-state index is 0.978. The summed E-state index contributed by atoms with van der Waals surface area (Å²) in [5, 5.41) is 5.28. The van der Waals surface area contributed by atoms with Gasteiger partial charge < -0.3 is 0 Å². The largest absolute Gasteiger partial charge is 0.0616 e. The molecule has 0 radical (unpaired) electrons. The van der Waals surface area contributed by atoms with E-state index >= 15 is 0 Å². The minimum atomic E-state index is 0.978. The molecule has 22 heavy (non-hydrogen) atoms. The van der Waals surface area contributed by atoms with E-state index in [1.54, 1.807) is 0 Å². The summed E-state index contributed by atoms with van der Waals surface area (Å²) in [4.78, 5) is 0. The summed E-state index contributed by atoms with van der Waals surface area (Å²) in [6.07, 6.45) is 0.978. The van der Waals surface area contributed by atoms with E-state index in [1.807, 2.05) is 0 Å². The van der Waals surface area contributed by atoms with Crippen molar-refractivity contribution in [3.63, 3.8) is 0 Å². The van der Waals surface area contributed by atoms with E-state index in [0.29, 0.717) is 0 Å². The highest BCUT2D eigenvalue weighted by Gasteiger charge is 2.02. The van der Waals surface area contributed by atoms with E-state index in [0.717, 1.165) is 6.42 Å². The van der Waals surface area contributed by atoms with Crippen molar-refractivity contribution < 1.29 is 0 Å². The molecule has 0 saturated carbocycles. The molecule has 0 fully saturated rings. The number of hydrogen-bond donors (Lipinski definition) is 0. The predicted molar refractivity (Wildman–Crippen MR) is 103 cm³/mol. The maximum Gasteiger partial charge on any atom is 0.0208 e. The van der Waals surface area contributed by atoms with E-state index in [2.05, 4.69) is 101 Å². The lowest BCUT2D eigenvalue weighted by Crippen LogP contribution is -1.89. The maximum absolute atomic E-state index is 2.42. The topological polar surface area (TPSA) is 0 Å². The van der Waals surface area contributed by atoms with Crippen LogP contribution in [0, 0.1) is 3.57 Å². The zero-order chi connectivity index (χ0) is 14.9. The van der Waals surface area contributed by atoms with Gasteiger partial charge in [-0.15, -0.1) is 0 Å². The third-order valence-corrected chi connectivity index (χ3v) is 5.06. The van der Waals surface area contributed by atoms with Gasteiger partial charge >= 0.3 is 0 Å². The summed E-state index contributed by atoms with van der Waals surface area (Å²) in [6, 6.07) is 28.6. The summed E-state index contributed by atoms with van der Waals surface area (Å²) >= 11 is 2.42. The van der Waals surface area contributed by atoms with Crippen molar-refractivity contribution in [3.05, 3.63) is 93.6 Å². The van der Waals surface area contributed by atoms with Crippen LogP contribution >= 0.6 is 22.6 Å². The average Bonchev–Trinajstić information content (AvgIpc) is 2.56. The van der Waals surface area contributed by atoms with Crippen molar-refractivity contribution in [2.45, 2.75) is 6.42 Å². The Morgan fingerprint density at radius 3 is 2.14 bits per heavy atom. The second-order valence-electron chi connectivity index (χ2n) is 5.65. The Morgan fingerprint density at radius 2 is 1.27 bits per heavy atom. The fourth-order valence-electron chi connectivity index (χ4n) is 2.98. The van der Waals surface area contributed by atoms with Crippen LogP contribution in [0.2, 0.25) is 0 Å². The lowest BCUT2D eigenvalue weighted by Gasteiger charge is -2.07. The molecule has 0 aromatic heterocycles. The zero-order valence-corrected chi connectivity index (χ0v) is 14.2. The highest BCUT2D eigenvalue weighted by atomic mass is 127. The van der Waals surface area contributed by atoms with E-state index < -0.39 is 0 Å². The van der Waals surface area contributed by atoms with Crippen LogP contribution in [0.3, 0.4) is 0 Å². The molecule has 4 aromatic carbocycles. The first-order valence-electron chi connectivity index (χ1n) is 7.44. The molecule has 0 bridgehead atoms. The molecule has 0 aliphatic heterocycles. The SMILES string of the molecule is Ic1cccc2ccc(Cc3ccc4ccccc4c3)cc12. The molecule has 0 heterocycles. The fourth-order valence-corrected chi connectivity index (χ4v) is 3.65. The highest BCUT2D eigenvalue weighted by Crippen LogP contribution is 2.24. The third kappa shape index (κ3) is 2.61. The van der Waals surface area contributed by atoms with Gasteiger partial charge in [-0.05, 0) is 73.8 Å². The molecule has 0 aliphatic carbocycles. The monoisotopic (exact) mass is 394 g/mol. The molecule has 1 heteroatoms. The van der Waals surface area contributed by atoms with Crippen LogP contribution in [0.25, 0.3) is 21.5 Å². The Bertz CT molecular complexity index is 970. The van der Waals surface area contributed by atoms with Gasteiger partial charge in [0.2, 0.25) is 0 Å². The Kier molecular flexibility index (Phi) is 3.59. The summed E-state index contributed by atoms with van der Waals surface area (Å²) in [5.41, 5.74) is 2.73. The van der Waals surface area contributed by atoms with Gasteiger partial charge in [-0.1, -0.05) is 66.7 Å². The maximum atomic E-state index is 2.42. The number of fused-ring (bicyclic) bond motifs is 2. The van der Waals surface area contributed by atoms with Gasteiger partial charge in [0.15, 0.2) is 0 Å². The van der Waals surface area contributed by atoms with Crippen LogP contribution < -0.4 is 0 Å². The first kappa shape index (κ1) is 13.8. The van der Waals surface area contributed by atoms with Gasteiger partial charge in [0.05, 0.1) is 0 Å². The Balaban J connectivity index is 1.73. The quantitative estimate of drug-likeness (QED) is 0.356. The normalized spacial score (nSPS) is 11.1. The molecule has 0 nitrogen and oxygen atoms in total. The van der Waals surface area contributed by atoms with Gasteiger partial charge in [-0.2, -0.15) is 0 Å². The number of benzene rings is 4. The molecule has 0 aliphatic rings. The zero-order valence-electron chi connectivity index (χ0n) is 12.1. The first-order chi connectivity index (χ1) is 10.8. The van der Waals surface area contributed by atoms with E-state index in [9.17, 15) is 0 Å². The predicted octanol–water partition coefficient (Wildman–Crippen LogP) is 6.19. The van der Waals surface area contributed by atoms with Crippen LogP contribution in [0.5, 0.6) is 0 Å². The number of rotatable bonds is 2. The van der Waals surface area contributed by atoms with Crippen molar-refractivity contribution in [3.8, 4) is 0 Å². The first-order valence-corrected chi connectivity index (χ1v) is 8.52. The van der Waals surface area contributed by atoms with Crippen molar-refractivity contribution in [1.82, 2.24) is 0 Å². The molecule has 106 valence electrons. The Morgan fingerprint density at radius 1 is 0.591 bits per heavy atom. The molecule has 0 saturated heterocycles. The minimum Gasteiger partial charge on any atom is -0.0616 e. The fraction of sp³-hybridized carbons (Fsp3) is 0.0476. The Hall–Kier alpha value is -1.87. The van der Waals surface area contributed by atoms with Gasteiger partial charge in [-0.3, -0.25) is 0 Å². The van der Waals surface area contributed by atoms with Crippen molar-refractivity contribution in [2.75, 3.05) is 0 Å². The molecular formula is C21H15I. The third-order valence-electron chi connectivity index (χ3n) is 4.12. The average molecular weight is 394 g/mol. The molecular weight excluding hydrogens is 379 g/mol. The van der Waals surface area contributed by atoms with E-state index in [-0.39, 0.29) is 0 Å². The van der Waals surface area contributed by atoms with Crippen LogP contribution in [-0.4, -0.2) is 0 Å². The summed E-state index contributed by atoms with van der Waals surface area (Å²) < 4.78 is 1.32. The highest BCUT2D eigenvalue weighted by molar-refractivity contribution is 14.1. The lowest BCUT2D eigenvalue weighted by atomic mass is 9.99. The second-order valence-corrected chi connectivity index (χ2v) is 6.82. The van der Waals surface area contributed by atoms with Crippen molar-refractivity contribution >= 4 is 44.1 Å². The molecule has 0 atom stereocenters. The summed E-state index contributed by atoms with van der Waals surface area (Å²) in [5.74, 6) is 0.